The molecule has 0 amide bonds. The van der Waals surface area contributed by atoms with Crippen LogP contribution in [0.5, 0.6) is 0 Å². The Hall–Kier alpha value is -2.22. The summed E-state index contributed by atoms with van der Waals surface area (Å²) in [4.78, 5) is 0. The smallest absolute Gasteiger partial charge is 0.192 e. The first-order valence-corrected chi connectivity index (χ1v) is 10.0. The summed E-state index contributed by atoms with van der Waals surface area (Å²) in [5, 5.41) is 22.1. The fourth-order valence-electron chi connectivity index (χ4n) is 3.60. The van der Waals surface area contributed by atoms with Crippen molar-refractivity contribution in [2.45, 2.75) is 62.4 Å². The fourth-order valence-corrected chi connectivity index (χ4v) is 4.65. The summed E-state index contributed by atoms with van der Waals surface area (Å²) >= 11 is 1.68. The van der Waals surface area contributed by atoms with Crippen molar-refractivity contribution in [2.75, 3.05) is 0 Å². The van der Waals surface area contributed by atoms with Crippen molar-refractivity contribution < 1.29 is 0 Å². The predicted octanol–water partition coefficient (Wildman–Crippen LogP) is 3.92. The molecule has 1 aliphatic rings. The molecule has 136 valence electrons. The molecule has 0 bridgehead atoms. The molecule has 2 heterocycles. The van der Waals surface area contributed by atoms with Gasteiger partial charge in [-0.25, -0.2) is 0 Å². The molecule has 1 fully saturated rings. The van der Waals surface area contributed by atoms with Crippen molar-refractivity contribution >= 4 is 11.8 Å². The minimum absolute atomic E-state index is 0.0659. The quantitative estimate of drug-likeness (QED) is 0.635. The highest BCUT2D eigenvalue weighted by molar-refractivity contribution is 7.99. The Balaban J connectivity index is 1.58. The number of thioether (sulfide) groups is 1. The van der Waals surface area contributed by atoms with Gasteiger partial charge in [-0.3, -0.25) is 0 Å². The number of para-hydroxylation sites is 1. The molecular formula is C18H23N7S. The lowest BCUT2D eigenvalue weighted by atomic mass is 9.95. The Bertz CT molecular complexity index is 852. The van der Waals surface area contributed by atoms with Crippen LogP contribution in [0.2, 0.25) is 0 Å². The van der Waals surface area contributed by atoms with Crippen molar-refractivity contribution in [3.63, 3.8) is 0 Å². The van der Waals surface area contributed by atoms with E-state index >= 15 is 0 Å². The van der Waals surface area contributed by atoms with Crippen molar-refractivity contribution in [2.24, 2.45) is 0 Å². The normalized spacial score (nSPS) is 16.7. The third kappa shape index (κ3) is 3.38. The van der Waals surface area contributed by atoms with Crippen LogP contribution in [0.25, 0.3) is 5.69 Å². The van der Waals surface area contributed by atoms with E-state index in [-0.39, 0.29) is 5.25 Å². The van der Waals surface area contributed by atoms with Gasteiger partial charge in [0.05, 0.1) is 10.9 Å². The number of hydrogen-bond acceptors (Lipinski definition) is 6. The summed E-state index contributed by atoms with van der Waals surface area (Å²) in [5.74, 6) is 1.81. The molecule has 0 saturated heterocycles. The average Bonchev–Trinajstić information content (AvgIpc) is 3.30. The molecule has 1 aromatic carbocycles. The topological polar surface area (TPSA) is 74.3 Å². The lowest BCUT2D eigenvalue weighted by molar-refractivity contribution is 0.332. The van der Waals surface area contributed by atoms with E-state index in [0.29, 0.717) is 6.04 Å². The highest BCUT2D eigenvalue weighted by Crippen LogP contribution is 2.37. The summed E-state index contributed by atoms with van der Waals surface area (Å²) in [7, 11) is 0. The van der Waals surface area contributed by atoms with Gasteiger partial charge in [-0.1, -0.05) is 49.2 Å². The van der Waals surface area contributed by atoms with E-state index in [1.807, 2.05) is 37.3 Å². The maximum Gasteiger partial charge on any atom is 0.192 e. The maximum atomic E-state index is 4.44. The SMILES string of the molecule is Cc1nnc(SC(C)c2nnnn2-c2ccccc2)n1C1CCCCC1. The van der Waals surface area contributed by atoms with Crippen LogP contribution in [0.4, 0.5) is 0 Å². The summed E-state index contributed by atoms with van der Waals surface area (Å²) in [6, 6.07) is 10.5. The van der Waals surface area contributed by atoms with Crippen LogP contribution in [0, 0.1) is 6.92 Å². The molecule has 2 aromatic heterocycles. The van der Waals surface area contributed by atoms with Gasteiger partial charge >= 0.3 is 0 Å². The number of aryl methyl sites for hydroxylation is 1. The Labute approximate surface area is 157 Å². The number of benzene rings is 1. The van der Waals surface area contributed by atoms with Gasteiger partial charge in [-0.15, -0.1) is 15.3 Å². The monoisotopic (exact) mass is 369 g/mol. The molecule has 26 heavy (non-hydrogen) atoms. The number of nitrogens with zero attached hydrogens (tertiary/aromatic N) is 7. The van der Waals surface area contributed by atoms with Crippen LogP contribution in [-0.4, -0.2) is 35.0 Å². The van der Waals surface area contributed by atoms with Crippen molar-refractivity contribution in [1.82, 2.24) is 35.0 Å². The first-order chi connectivity index (χ1) is 12.7. The molecule has 1 aliphatic carbocycles. The van der Waals surface area contributed by atoms with Crippen LogP contribution in [0.1, 0.15) is 62.0 Å². The van der Waals surface area contributed by atoms with Crippen LogP contribution < -0.4 is 0 Å². The molecule has 3 aromatic rings. The van der Waals surface area contributed by atoms with E-state index in [4.69, 9.17) is 0 Å². The Morgan fingerprint density at radius 1 is 1.04 bits per heavy atom. The van der Waals surface area contributed by atoms with Crippen molar-refractivity contribution in [1.29, 1.82) is 0 Å². The van der Waals surface area contributed by atoms with Gasteiger partial charge in [0.2, 0.25) is 0 Å². The second kappa shape index (κ2) is 7.57. The molecule has 8 heteroatoms. The van der Waals surface area contributed by atoms with Crippen LogP contribution >= 0.6 is 11.8 Å². The van der Waals surface area contributed by atoms with Gasteiger partial charge < -0.3 is 4.57 Å². The second-order valence-electron chi connectivity index (χ2n) is 6.74. The highest BCUT2D eigenvalue weighted by atomic mass is 32.2. The highest BCUT2D eigenvalue weighted by Gasteiger charge is 2.25. The number of rotatable bonds is 5. The van der Waals surface area contributed by atoms with Gasteiger partial charge in [-0.2, -0.15) is 4.68 Å². The molecule has 1 unspecified atom stereocenters. The van der Waals surface area contributed by atoms with Gasteiger partial charge in [0.25, 0.3) is 0 Å². The zero-order valence-electron chi connectivity index (χ0n) is 15.1. The second-order valence-corrected chi connectivity index (χ2v) is 8.04. The van der Waals surface area contributed by atoms with Crippen LogP contribution in [0.3, 0.4) is 0 Å². The average molecular weight is 369 g/mol. The molecule has 7 nitrogen and oxygen atoms in total. The first-order valence-electron chi connectivity index (χ1n) is 9.16. The third-order valence-corrected chi connectivity index (χ3v) is 5.97. The number of hydrogen-bond donors (Lipinski definition) is 0. The summed E-state index contributed by atoms with van der Waals surface area (Å²) < 4.78 is 4.11. The molecule has 0 spiro atoms. The van der Waals surface area contributed by atoms with E-state index in [2.05, 4.69) is 37.2 Å². The van der Waals surface area contributed by atoms with E-state index in [9.17, 15) is 0 Å². The predicted molar refractivity (Wildman–Crippen MR) is 100 cm³/mol. The fraction of sp³-hybridized carbons (Fsp3) is 0.500. The van der Waals surface area contributed by atoms with E-state index in [1.165, 1.54) is 32.1 Å². The van der Waals surface area contributed by atoms with E-state index in [0.717, 1.165) is 22.5 Å². The number of tetrazole rings is 1. The Kier molecular flexibility index (Phi) is 5.01. The molecule has 0 aliphatic heterocycles. The zero-order valence-corrected chi connectivity index (χ0v) is 15.9. The molecule has 1 saturated carbocycles. The van der Waals surface area contributed by atoms with Gasteiger partial charge in [0.1, 0.15) is 5.82 Å². The van der Waals surface area contributed by atoms with Crippen molar-refractivity contribution in [3.8, 4) is 5.69 Å². The number of aromatic nitrogens is 7. The molecule has 1 atom stereocenters. The minimum atomic E-state index is 0.0659. The maximum absolute atomic E-state index is 4.44. The minimum Gasteiger partial charge on any atom is -0.303 e. The summed E-state index contributed by atoms with van der Waals surface area (Å²) in [5.41, 5.74) is 0.963. The van der Waals surface area contributed by atoms with Crippen LogP contribution in [0.15, 0.2) is 35.5 Å². The molecule has 4 rings (SSSR count). The zero-order chi connectivity index (χ0) is 17.9. The summed E-state index contributed by atoms with van der Waals surface area (Å²) in [6.45, 7) is 4.16. The molecule has 0 radical (unpaired) electrons. The van der Waals surface area contributed by atoms with Gasteiger partial charge in [-0.05, 0) is 49.2 Å². The third-order valence-electron chi connectivity index (χ3n) is 4.92. The standard InChI is InChI=1S/C18H23N7S/c1-13(17-20-22-23-25(17)16-11-7-4-8-12-16)26-18-21-19-14(2)24(18)15-9-5-3-6-10-15/h4,7-8,11-13,15H,3,5-6,9-10H2,1-2H3. The molecular weight excluding hydrogens is 346 g/mol. The lowest BCUT2D eigenvalue weighted by Gasteiger charge is -2.25. The Morgan fingerprint density at radius 3 is 2.58 bits per heavy atom. The van der Waals surface area contributed by atoms with Crippen LogP contribution in [-0.2, 0) is 0 Å². The summed E-state index contributed by atoms with van der Waals surface area (Å²) in [6.07, 6.45) is 6.33. The van der Waals surface area contributed by atoms with E-state index in [1.54, 1.807) is 16.4 Å². The van der Waals surface area contributed by atoms with Gasteiger partial charge in [0, 0.05) is 6.04 Å². The molecule has 0 N–H and O–H groups in total. The lowest BCUT2D eigenvalue weighted by Crippen LogP contribution is -2.15. The van der Waals surface area contributed by atoms with E-state index < -0.39 is 0 Å². The first kappa shape index (κ1) is 17.2. The van der Waals surface area contributed by atoms with Gasteiger partial charge in [0.15, 0.2) is 11.0 Å². The Morgan fingerprint density at radius 2 is 1.81 bits per heavy atom. The van der Waals surface area contributed by atoms with Crippen molar-refractivity contribution in [3.05, 3.63) is 42.0 Å². The largest absolute Gasteiger partial charge is 0.303 e.